The van der Waals surface area contributed by atoms with Gasteiger partial charge in [-0.05, 0) is 29.7 Å². The Hall–Kier alpha value is -0.920. The van der Waals surface area contributed by atoms with Crippen LogP contribution in [0.4, 0.5) is 0 Å². The summed E-state index contributed by atoms with van der Waals surface area (Å²) < 4.78 is 27.2. The molecule has 2 rings (SSSR count). The summed E-state index contributed by atoms with van der Waals surface area (Å²) in [5.41, 5.74) is -0.0908. The molecular formula is C12H17NO4S2. The maximum atomic E-state index is 12.3. The summed E-state index contributed by atoms with van der Waals surface area (Å²) in [6.45, 7) is 4.05. The molecule has 1 aromatic rings. The fourth-order valence-electron chi connectivity index (χ4n) is 2.46. The van der Waals surface area contributed by atoms with Gasteiger partial charge < -0.3 is 5.11 Å². The quantitative estimate of drug-likeness (QED) is 0.894. The van der Waals surface area contributed by atoms with Crippen LogP contribution in [-0.2, 0) is 10.0 Å². The molecule has 1 aliphatic rings. The molecule has 0 amide bonds. The largest absolute Gasteiger partial charge is 0.477 e. The third-order valence-corrected chi connectivity index (χ3v) is 6.21. The van der Waals surface area contributed by atoms with Crippen LogP contribution in [-0.4, -0.2) is 25.5 Å². The molecule has 19 heavy (non-hydrogen) atoms. The number of carbonyl (C=O) groups is 1. The third-order valence-electron chi connectivity index (χ3n) is 3.67. The zero-order valence-electron chi connectivity index (χ0n) is 10.8. The van der Waals surface area contributed by atoms with Crippen molar-refractivity contribution in [3.63, 3.8) is 0 Å². The molecule has 1 aliphatic carbocycles. The van der Waals surface area contributed by atoms with Crippen LogP contribution in [0.1, 0.15) is 42.8 Å². The highest BCUT2D eigenvalue weighted by Gasteiger charge is 2.38. The van der Waals surface area contributed by atoms with Gasteiger partial charge in [-0.1, -0.05) is 20.3 Å². The molecule has 0 aromatic carbocycles. The van der Waals surface area contributed by atoms with Crippen LogP contribution in [0.25, 0.3) is 0 Å². The van der Waals surface area contributed by atoms with Gasteiger partial charge >= 0.3 is 5.97 Å². The number of rotatable bonds is 4. The first kappa shape index (κ1) is 14.5. The first-order valence-corrected chi connectivity index (χ1v) is 8.43. The number of carboxylic acids is 1. The summed E-state index contributed by atoms with van der Waals surface area (Å²) in [4.78, 5) is 10.7. The van der Waals surface area contributed by atoms with E-state index in [1.165, 1.54) is 11.4 Å². The molecule has 0 saturated heterocycles. The van der Waals surface area contributed by atoms with E-state index in [9.17, 15) is 13.2 Å². The minimum atomic E-state index is -3.77. The summed E-state index contributed by atoms with van der Waals surface area (Å²) in [6.07, 6.45) is 2.74. The van der Waals surface area contributed by atoms with Gasteiger partial charge in [0.15, 0.2) is 0 Å². The van der Waals surface area contributed by atoms with E-state index in [1.807, 2.05) is 13.8 Å². The normalized spacial score (nSPS) is 22.5. The lowest BCUT2D eigenvalue weighted by Crippen LogP contribution is -2.41. The van der Waals surface area contributed by atoms with Crippen molar-refractivity contribution in [3.05, 3.63) is 16.3 Å². The molecular weight excluding hydrogens is 286 g/mol. The number of hydrogen-bond donors (Lipinski definition) is 2. The van der Waals surface area contributed by atoms with Crippen molar-refractivity contribution in [2.45, 2.75) is 44.0 Å². The van der Waals surface area contributed by atoms with Gasteiger partial charge in [0, 0.05) is 6.04 Å². The van der Waals surface area contributed by atoms with Gasteiger partial charge in [0.2, 0.25) is 10.0 Å². The number of thiophene rings is 1. The van der Waals surface area contributed by atoms with E-state index in [0.717, 1.165) is 30.6 Å². The van der Waals surface area contributed by atoms with Crippen molar-refractivity contribution < 1.29 is 18.3 Å². The van der Waals surface area contributed by atoms with Gasteiger partial charge in [0.25, 0.3) is 0 Å². The molecule has 0 spiro atoms. The number of aromatic carboxylic acids is 1. The van der Waals surface area contributed by atoms with Gasteiger partial charge in [0.05, 0.1) is 0 Å². The van der Waals surface area contributed by atoms with Crippen LogP contribution < -0.4 is 4.72 Å². The van der Waals surface area contributed by atoms with E-state index in [-0.39, 0.29) is 21.2 Å². The van der Waals surface area contributed by atoms with Crippen LogP contribution >= 0.6 is 11.3 Å². The van der Waals surface area contributed by atoms with Crippen LogP contribution in [0.5, 0.6) is 0 Å². The highest BCUT2D eigenvalue weighted by molar-refractivity contribution is 7.89. The van der Waals surface area contributed by atoms with E-state index < -0.39 is 16.0 Å². The monoisotopic (exact) mass is 303 g/mol. The molecule has 1 heterocycles. The summed E-state index contributed by atoms with van der Waals surface area (Å²) in [7, 11) is -3.77. The molecule has 0 bridgehead atoms. The standard InChI is InChI=1S/C12H17NO4S2/c1-12(2)6-3-4-9(12)13-19(16,17)8-5-7-18-10(8)11(14)15/h5,7,9,13H,3-4,6H2,1-2H3,(H,14,15). The number of nitrogens with one attached hydrogen (secondary N) is 1. The fourth-order valence-corrected chi connectivity index (χ4v) is 5.16. The first-order valence-electron chi connectivity index (χ1n) is 6.07. The molecule has 0 radical (unpaired) electrons. The Labute approximate surface area is 116 Å². The van der Waals surface area contributed by atoms with E-state index in [1.54, 1.807) is 0 Å². The highest BCUT2D eigenvalue weighted by Crippen LogP contribution is 2.38. The summed E-state index contributed by atoms with van der Waals surface area (Å²) in [6, 6.07) is 1.21. The predicted molar refractivity (Wildman–Crippen MR) is 73.0 cm³/mol. The van der Waals surface area contributed by atoms with Gasteiger partial charge in [-0.2, -0.15) is 0 Å². The SMILES string of the molecule is CC1(C)CCCC1NS(=O)(=O)c1ccsc1C(=O)O. The lowest BCUT2D eigenvalue weighted by molar-refractivity contribution is 0.0698. The number of sulfonamides is 1. The first-order chi connectivity index (χ1) is 8.74. The van der Waals surface area contributed by atoms with Crippen LogP contribution in [0, 0.1) is 5.41 Å². The maximum Gasteiger partial charge on any atom is 0.347 e. The second-order valence-corrected chi connectivity index (χ2v) is 8.07. The molecule has 106 valence electrons. The van der Waals surface area contributed by atoms with Gasteiger partial charge in [0.1, 0.15) is 9.77 Å². The van der Waals surface area contributed by atoms with Crippen molar-refractivity contribution in [1.29, 1.82) is 0 Å². The Balaban J connectivity index is 2.28. The molecule has 1 unspecified atom stereocenters. The molecule has 1 saturated carbocycles. The Morgan fingerprint density at radius 2 is 2.21 bits per heavy atom. The minimum absolute atomic E-state index is 0.0908. The van der Waals surface area contributed by atoms with E-state index in [0.29, 0.717) is 0 Å². The smallest absolute Gasteiger partial charge is 0.347 e. The van der Waals surface area contributed by atoms with Crippen molar-refractivity contribution >= 4 is 27.3 Å². The van der Waals surface area contributed by atoms with Crippen LogP contribution in [0.3, 0.4) is 0 Å². The van der Waals surface area contributed by atoms with Gasteiger partial charge in [-0.25, -0.2) is 17.9 Å². The Morgan fingerprint density at radius 1 is 1.53 bits per heavy atom. The lowest BCUT2D eigenvalue weighted by Gasteiger charge is -2.27. The van der Waals surface area contributed by atoms with E-state index in [2.05, 4.69) is 4.72 Å². The third kappa shape index (κ3) is 2.82. The van der Waals surface area contributed by atoms with Crippen LogP contribution in [0.2, 0.25) is 0 Å². The van der Waals surface area contributed by atoms with Crippen molar-refractivity contribution in [2.24, 2.45) is 5.41 Å². The molecule has 1 atom stereocenters. The Kier molecular flexibility index (Phi) is 3.72. The van der Waals surface area contributed by atoms with Crippen molar-refractivity contribution in [2.75, 3.05) is 0 Å². The zero-order valence-corrected chi connectivity index (χ0v) is 12.5. The summed E-state index contributed by atoms with van der Waals surface area (Å²) >= 11 is 0.924. The molecule has 5 nitrogen and oxygen atoms in total. The molecule has 1 aromatic heterocycles. The van der Waals surface area contributed by atoms with Crippen molar-refractivity contribution in [1.82, 2.24) is 4.72 Å². The maximum absolute atomic E-state index is 12.3. The number of hydrogen-bond acceptors (Lipinski definition) is 4. The Bertz CT molecular complexity index is 589. The molecule has 7 heteroatoms. The second-order valence-electron chi connectivity index (χ2n) is 5.47. The average molecular weight is 303 g/mol. The second kappa shape index (κ2) is 4.88. The Morgan fingerprint density at radius 3 is 2.74 bits per heavy atom. The highest BCUT2D eigenvalue weighted by atomic mass is 32.2. The molecule has 0 aliphatic heterocycles. The minimum Gasteiger partial charge on any atom is -0.477 e. The summed E-state index contributed by atoms with van der Waals surface area (Å²) in [5, 5.41) is 10.5. The predicted octanol–water partition coefficient (Wildman–Crippen LogP) is 2.30. The van der Waals surface area contributed by atoms with Crippen molar-refractivity contribution in [3.8, 4) is 0 Å². The number of carboxylic acid groups (broad SMARTS) is 1. The topological polar surface area (TPSA) is 83.5 Å². The fraction of sp³-hybridized carbons (Fsp3) is 0.583. The molecule has 2 N–H and O–H groups in total. The zero-order chi connectivity index (χ0) is 14.3. The van der Waals surface area contributed by atoms with Gasteiger partial charge in [-0.15, -0.1) is 11.3 Å². The molecule has 1 fully saturated rings. The van der Waals surface area contributed by atoms with E-state index >= 15 is 0 Å². The van der Waals surface area contributed by atoms with E-state index in [4.69, 9.17) is 5.11 Å². The van der Waals surface area contributed by atoms with Gasteiger partial charge in [-0.3, -0.25) is 0 Å². The lowest BCUT2D eigenvalue weighted by atomic mass is 9.88. The average Bonchev–Trinajstić information content (AvgIpc) is 2.86. The summed E-state index contributed by atoms with van der Waals surface area (Å²) in [5.74, 6) is -1.21. The van der Waals surface area contributed by atoms with Crippen LogP contribution in [0.15, 0.2) is 16.3 Å².